The highest BCUT2D eigenvalue weighted by atomic mass is 14.1. The number of hydrogen-bond donors (Lipinski definition) is 0. The van der Waals surface area contributed by atoms with Crippen molar-refractivity contribution in [3.63, 3.8) is 0 Å². The zero-order valence-corrected chi connectivity index (χ0v) is 19.5. The summed E-state index contributed by atoms with van der Waals surface area (Å²) in [6.07, 6.45) is 2.97. The molecule has 0 spiro atoms. The molecule has 0 heteroatoms. The number of benzene rings is 4. The molecule has 0 radical (unpaired) electrons. The van der Waals surface area contributed by atoms with Crippen molar-refractivity contribution in [1.82, 2.24) is 0 Å². The summed E-state index contributed by atoms with van der Waals surface area (Å²) in [5, 5.41) is 0. The molecule has 0 unspecified atom stereocenters. The van der Waals surface area contributed by atoms with E-state index in [0.29, 0.717) is 0 Å². The maximum absolute atomic E-state index is 2.26. The van der Waals surface area contributed by atoms with Crippen molar-refractivity contribution >= 4 is 0 Å². The maximum Gasteiger partial charge on any atom is -0.00258 e. The van der Waals surface area contributed by atoms with Crippen LogP contribution in [0.15, 0.2) is 109 Å². The highest BCUT2D eigenvalue weighted by molar-refractivity contribution is 5.34. The molecule has 160 valence electrons. The van der Waals surface area contributed by atoms with Gasteiger partial charge in [0.1, 0.15) is 0 Å². The topological polar surface area (TPSA) is 0 Å². The first kappa shape index (κ1) is 24.2. The quantitative estimate of drug-likeness (QED) is 0.300. The van der Waals surface area contributed by atoms with E-state index in [1.54, 1.807) is 0 Å². The molecule has 0 aliphatic heterocycles. The van der Waals surface area contributed by atoms with Crippen LogP contribution in [0.4, 0.5) is 0 Å². The molecular formula is C31H36. The van der Waals surface area contributed by atoms with E-state index >= 15 is 0 Å². The molecule has 0 saturated carbocycles. The molecule has 0 N–H and O–H groups in total. The fraction of sp³-hybridized carbons (Fsp3) is 0.226. The number of hydrogen-bond acceptors (Lipinski definition) is 0. The Morgan fingerprint density at radius 2 is 0.484 bits per heavy atom. The van der Waals surface area contributed by atoms with Crippen molar-refractivity contribution in [1.29, 1.82) is 0 Å². The Balaban J connectivity index is 0.000000807. The minimum absolute atomic E-state index is 0.983. The van der Waals surface area contributed by atoms with Crippen LogP contribution in [0.2, 0.25) is 0 Å². The summed E-state index contributed by atoms with van der Waals surface area (Å²) >= 11 is 0. The van der Waals surface area contributed by atoms with Crippen molar-refractivity contribution < 1.29 is 0 Å². The first-order chi connectivity index (χ1) is 15.3. The summed E-state index contributed by atoms with van der Waals surface area (Å²) in [6.45, 7) is 8.00. The Morgan fingerprint density at radius 1 is 0.290 bits per heavy atom. The lowest BCUT2D eigenvalue weighted by Gasteiger charge is -2.07. The first-order valence-electron chi connectivity index (χ1n) is 11.6. The molecule has 0 fully saturated rings. The van der Waals surface area contributed by atoms with E-state index in [1.807, 2.05) is 27.7 Å². The average Bonchev–Trinajstić information content (AvgIpc) is 2.85. The molecule has 0 heterocycles. The highest BCUT2D eigenvalue weighted by Gasteiger charge is 2.01. The molecule has 0 aromatic heterocycles. The monoisotopic (exact) mass is 408 g/mol. The van der Waals surface area contributed by atoms with Crippen LogP contribution in [0.5, 0.6) is 0 Å². The lowest BCUT2D eigenvalue weighted by molar-refractivity contribution is 1.14. The van der Waals surface area contributed by atoms with Gasteiger partial charge in [-0.3, -0.25) is 0 Å². The third-order valence-corrected chi connectivity index (χ3v) is 4.96. The van der Waals surface area contributed by atoms with Gasteiger partial charge in [0.25, 0.3) is 0 Å². The third-order valence-electron chi connectivity index (χ3n) is 4.96. The Morgan fingerprint density at radius 3 is 0.710 bits per heavy atom. The van der Waals surface area contributed by atoms with Crippen molar-refractivity contribution in [2.24, 2.45) is 0 Å². The lowest BCUT2D eigenvalue weighted by Crippen LogP contribution is -1.92. The van der Waals surface area contributed by atoms with Crippen LogP contribution >= 0.6 is 0 Å². The van der Waals surface area contributed by atoms with Gasteiger partial charge in [0.05, 0.1) is 0 Å². The third kappa shape index (κ3) is 8.26. The van der Waals surface area contributed by atoms with E-state index < -0.39 is 0 Å². The van der Waals surface area contributed by atoms with Crippen molar-refractivity contribution in [3.8, 4) is 0 Å². The van der Waals surface area contributed by atoms with Crippen LogP contribution in [-0.2, 0) is 19.3 Å². The van der Waals surface area contributed by atoms with Gasteiger partial charge in [-0.05, 0) is 52.6 Å². The van der Waals surface area contributed by atoms with Crippen molar-refractivity contribution in [2.75, 3.05) is 0 Å². The molecule has 0 atom stereocenters. The summed E-state index contributed by atoms with van der Waals surface area (Å²) in [7, 11) is 0. The molecule has 0 nitrogen and oxygen atoms in total. The van der Waals surface area contributed by atoms with E-state index in [1.165, 1.54) is 33.4 Å². The molecule has 31 heavy (non-hydrogen) atoms. The van der Waals surface area contributed by atoms with Gasteiger partial charge in [-0.2, -0.15) is 0 Å². The van der Waals surface area contributed by atoms with Crippen LogP contribution in [0.25, 0.3) is 0 Å². The van der Waals surface area contributed by atoms with E-state index in [2.05, 4.69) is 109 Å². The van der Waals surface area contributed by atoms with Gasteiger partial charge in [-0.15, -0.1) is 0 Å². The normalized spacial score (nSPS) is 9.68. The second-order valence-corrected chi connectivity index (χ2v) is 7.13. The van der Waals surface area contributed by atoms with E-state index in [-0.39, 0.29) is 0 Å². The van der Waals surface area contributed by atoms with E-state index in [4.69, 9.17) is 0 Å². The van der Waals surface area contributed by atoms with Crippen LogP contribution in [0.1, 0.15) is 61.1 Å². The average molecular weight is 409 g/mol. The van der Waals surface area contributed by atoms with Gasteiger partial charge in [0.2, 0.25) is 0 Å². The van der Waals surface area contributed by atoms with Crippen LogP contribution in [0, 0.1) is 0 Å². The summed E-state index contributed by atoms with van der Waals surface area (Å²) in [4.78, 5) is 0. The van der Waals surface area contributed by atoms with Gasteiger partial charge in [-0.25, -0.2) is 0 Å². The van der Waals surface area contributed by atoms with Gasteiger partial charge < -0.3 is 0 Å². The van der Waals surface area contributed by atoms with Crippen molar-refractivity contribution in [3.05, 3.63) is 143 Å². The largest absolute Gasteiger partial charge is 0.0683 e. The summed E-state index contributed by atoms with van der Waals surface area (Å²) in [5.41, 5.74) is 8.18. The molecule has 0 aliphatic rings. The predicted molar refractivity (Wildman–Crippen MR) is 137 cm³/mol. The zero-order valence-electron chi connectivity index (χ0n) is 19.5. The Bertz CT molecular complexity index is 867. The van der Waals surface area contributed by atoms with Crippen LogP contribution in [-0.4, -0.2) is 0 Å². The minimum atomic E-state index is 0.983. The Labute approximate surface area is 189 Å². The highest BCUT2D eigenvalue weighted by Crippen LogP contribution is 2.16. The van der Waals surface area contributed by atoms with Gasteiger partial charge >= 0.3 is 0 Å². The fourth-order valence-electron chi connectivity index (χ4n) is 3.45. The molecule has 4 aromatic carbocycles. The molecule has 0 aliphatic carbocycles. The number of rotatable bonds is 6. The second-order valence-electron chi connectivity index (χ2n) is 7.13. The molecule has 0 bridgehead atoms. The minimum Gasteiger partial charge on any atom is -0.0683 e. The summed E-state index contributed by atoms with van der Waals surface area (Å²) in [5.74, 6) is 0. The molecule has 0 saturated heterocycles. The maximum atomic E-state index is 2.26. The predicted octanol–water partition coefficient (Wildman–Crippen LogP) is 8.51. The molecule has 4 rings (SSSR count). The zero-order chi connectivity index (χ0) is 22.3. The summed E-state index contributed by atoms with van der Waals surface area (Å²) < 4.78 is 0. The second kappa shape index (κ2) is 14.0. The Kier molecular flexibility index (Phi) is 10.9. The standard InChI is InChI=1S/C27H24.2C2H6/c1-3-7-22(8-4-1)19-24-11-15-26(16-12-24)21-27-17-13-25(14-18-27)20-23-9-5-2-6-10-23;2*1-2/h1-18H,19-21H2;2*1-2H3. The van der Waals surface area contributed by atoms with Gasteiger partial charge in [0.15, 0.2) is 0 Å². The van der Waals surface area contributed by atoms with E-state index in [0.717, 1.165) is 19.3 Å². The summed E-state index contributed by atoms with van der Waals surface area (Å²) in [6, 6.07) is 39.3. The lowest BCUT2D eigenvalue weighted by atomic mass is 9.98. The molecule has 0 amide bonds. The fourth-order valence-corrected chi connectivity index (χ4v) is 3.45. The molecule has 4 aromatic rings. The van der Waals surface area contributed by atoms with Gasteiger partial charge in [0, 0.05) is 0 Å². The molecular weight excluding hydrogens is 372 g/mol. The SMILES string of the molecule is CC.CC.c1ccc(Cc2ccc(Cc3ccc(Cc4ccccc4)cc3)cc2)cc1. The van der Waals surface area contributed by atoms with Crippen LogP contribution < -0.4 is 0 Å². The Hall–Kier alpha value is -3.12. The van der Waals surface area contributed by atoms with Crippen molar-refractivity contribution in [2.45, 2.75) is 47.0 Å². The van der Waals surface area contributed by atoms with E-state index in [9.17, 15) is 0 Å². The van der Waals surface area contributed by atoms with Crippen LogP contribution in [0.3, 0.4) is 0 Å². The smallest absolute Gasteiger partial charge is 0.00258 e. The van der Waals surface area contributed by atoms with Gasteiger partial charge in [-0.1, -0.05) is 137 Å². The first-order valence-corrected chi connectivity index (χ1v) is 11.6.